The number of aromatic nitrogens is 1. The van der Waals surface area contributed by atoms with Crippen molar-refractivity contribution in [3.63, 3.8) is 0 Å². The lowest BCUT2D eigenvalue weighted by Gasteiger charge is -2.10. The first kappa shape index (κ1) is 19.6. The van der Waals surface area contributed by atoms with Crippen molar-refractivity contribution >= 4 is 23.2 Å². The summed E-state index contributed by atoms with van der Waals surface area (Å²) in [7, 11) is 0. The van der Waals surface area contributed by atoms with Gasteiger partial charge in [-0.15, -0.1) is 11.3 Å². The number of ether oxygens (including phenoxy) is 1. The van der Waals surface area contributed by atoms with Crippen LogP contribution in [0.3, 0.4) is 0 Å². The van der Waals surface area contributed by atoms with Crippen molar-refractivity contribution in [3.05, 3.63) is 70.7 Å². The van der Waals surface area contributed by atoms with Gasteiger partial charge in [-0.1, -0.05) is 55.5 Å². The molecule has 0 saturated carbocycles. The number of thiazole rings is 1. The first-order chi connectivity index (χ1) is 13.6. The maximum Gasteiger partial charge on any atom is 0.281 e. The predicted octanol–water partition coefficient (Wildman–Crippen LogP) is 3.52. The molecule has 3 rings (SSSR count). The average molecular weight is 395 g/mol. The second kappa shape index (κ2) is 9.14. The molecule has 0 aliphatic heterocycles. The van der Waals surface area contributed by atoms with Gasteiger partial charge >= 0.3 is 0 Å². The van der Waals surface area contributed by atoms with E-state index < -0.39 is 11.8 Å². The molecule has 0 radical (unpaired) electrons. The molecule has 2 N–H and O–H groups in total. The van der Waals surface area contributed by atoms with E-state index in [9.17, 15) is 9.59 Å². The summed E-state index contributed by atoms with van der Waals surface area (Å²) in [6.07, 6.45) is 0.808. The predicted molar refractivity (Wildman–Crippen MR) is 109 cm³/mol. The summed E-state index contributed by atoms with van der Waals surface area (Å²) in [5, 5.41) is 0.758. The van der Waals surface area contributed by atoms with E-state index in [0.717, 1.165) is 22.6 Å². The van der Waals surface area contributed by atoms with E-state index in [4.69, 9.17) is 4.74 Å². The monoisotopic (exact) mass is 395 g/mol. The highest BCUT2D eigenvalue weighted by molar-refractivity contribution is 7.17. The number of rotatable bonds is 6. The summed E-state index contributed by atoms with van der Waals surface area (Å²) in [4.78, 5) is 29.3. The number of carbonyl (C=O) groups is 2. The molecular weight excluding hydrogens is 374 g/mol. The van der Waals surface area contributed by atoms with Gasteiger partial charge in [0, 0.05) is 5.56 Å². The quantitative estimate of drug-likeness (QED) is 0.626. The molecule has 0 bridgehead atoms. The highest BCUT2D eigenvalue weighted by atomic mass is 32.1. The third-order valence-electron chi connectivity index (χ3n) is 4.05. The molecule has 2 amide bonds. The van der Waals surface area contributed by atoms with Crippen LogP contribution in [0.5, 0.6) is 5.75 Å². The van der Waals surface area contributed by atoms with Crippen LogP contribution in [0.1, 0.15) is 27.9 Å². The van der Waals surface area contributed by atoms with Crippen LogP contribution in [0.4, 0.5) is 0 Å². The van der Waals surface area contributed by atoms with Gasteiger partial charge in [0.15, 0.2) is 6.61 Å². The summed E-state index contributed by atoms with van der Waals surface area (Å²) >= 11 is 1.28. The van der Waals surface area contributed by atoms with Crippen LogP contribution in [0.2, 0.25) is 0 Å². The number of para-hydroxylation sites is 1. The fourth-order valence-corrected chi connectivity index (χ4v) is 3.58. The second-order valence-electron chi connectivity index (χ2n) is 6.05. The highest BCUT2D eigenvalue weighted by Crippen LogP contribution is 2.27. The zero-order chi connectivity index (χ0) is 19.9. The Morgan fingerprint density at radius 2 is 1.75 bits per heavy atom. The Kier molecular flexibility index (Phi) is 6.39. The van der Waals surface area contributed by atoms with Crippen LogP contribution in [0.25, 0.3) is 10.6 Å². The zero-order valence-corrected chi connectivity index (χ0v) is 16.5. The molecule has 0 spiro atoms. The van der Waals surface area contributed by atoms with Crippen LogP contribution in [-0.2, 0) is 11.2 Å². The topological polar surface area (TPSA) is 80.3 Å². The van der Waals surface area contributed by atoms with E-state index in [1.165, 1.54) is 11.3 Å². The number of benzene rings is 2. The van der Waals surface area contributed by atoms with Crippen LogP contribution >= 0.6 is 11.3 Å². The minimum atomic E-state index is -0.440. The Balaban J connectivity index is 1.55. The van der Waals surface area contributed by atoms with Crippen molar-refractivity contribution in [1.29, 1.82) is 0 Å². The Hall–Kier alpha value is -3.19. The number of hydrogen-bond donors (Lipinski definition) is 2. The normalized spacial score (nSPS) is 10.4. The third kappa shape index (κ3) is 4.75. The van der Waals surface area contributed by atoms with Crippen molar-refractivity contribution in [2.24, 2.45) is 0 Å². The molecule has 0 aliphatic carbocycles. The van der Waals surface area contributed by atoms with Crippen LogP contribution in [0.15, 0.2) is 54.6 Å². The van der Waals surface area contributed by atoms with Crippen molar-refractivity contribution < 1.29 is 14.3 Å². The maximum atomic E-state index is 12.4. The number of nitrogens with zero attached hydrogens (tertiary/aromatic N) is 1. The van der Waals surface area contributed by atoms with E-state index in [-0.39, 0.29) is 6.61 Å². The van der Waals surface area contributed by atoms with Crippen molar-refractivity contribution in [3.8, 4) is 16.3 Å². The van der Waals surface area contributed by atoms with E-state index in [0.29, 0.717) is 16.3 Å². The lowest BCUT2D eigenvalue weighted by atomic mass is 10.1. The van der Waals surface area contributed by atoms with Gasteiger partial charge < -0.3 is 4.74 Å². The van der Waals surface area contributed by atoms with Gasteiger partial charge in [-0.05, 0) is 25.0 Å². The van der Waals surface area contributed by atoms with E-state index >= 15 is 0 Å². The fraction of sp³-hybridized carbons (Fsp3) is 0.190. The Morgan fingerprint density at radius 1 is 1.04 bits per heavy atom. The molecule has 3 aromatic rings. The van der Waals surface area contributed by atoms with Crippen LogP contribution < -0.4 is 15.6 Å². The van der Waals surface area contributed by atoms with E-state index in [1.807, 2.05) is 61.5 Å². The molecule has 0 saturated heterocycles. The Morgan fingerprint density at radius 3 is 2.50 bits per heavy atom. The molecular formula is C21H21N3O3S. The number of hydrazine groups is 1. The van der Waals surface area contributed by atoms with E-state index in [2.05, 4.69) is 15.8 Å². The summed E-state index contributed by atoms with van der Waals surface area (Å²) in [6, 6.07) is 17.2. The first-order valence-electron chi connectivity index (χ1n) is 8.91. The molecule has 2 aromatic carbocycles. The number of amides is 2. The SMILES string of the molecule is CCc1ccccc1OCC(=O)NNC(=O)c1sc(-c2ccccc2)nc1C. The molecule has 28 heavy (non-hydrogen) atoms. The van der Waals surface area contributed by atoms with Gasteiger partial charge in [0.2, 0.25) is 0 Å². The lowest BCUT2D eigenvalue weighted by Crippen LogP contribution is -2.43. The minimum absolute atomic E-state index is 0.186. The standard InChI is InChI=1S/C21H21N3O3S/c1-3-15-9-7-8-12-17(15)27-13-18(25)23-24-20(26)19-14(2)22-21(28-19)16-10-5-4-6-11-16/h4-12H,3,13H2,1-2H3,(H,23,25)(H,24,26). The van der Waals surface area contributed by atoms with Crippen molar-refractivity contribution in [2.75, 3.05) is 6.61 Å². The molecule has 0 unspecified atom stereocenters. The van der Waals surface area contributed by atoms with Gasteiger partial charge in [0.1, 0.15) is 15.6 Å². The number of carbonyl (C=O) groups excluding carboxylic acids is 2. The Bertz CT molecular complexity index is 970. The van der Waals surface area contributed by atoms with Crippen LogP contribution in [-0.4, -0.2) is 23.4 Å². The zero-order valence-electron chi connectivity index (χ0n) is 15.7. The molecule has 6 nitrogen and oxygen atoms in total. The first-order valence-corrected chi connectivity index (χ1v) is 9.73. The molecule has 7 heteroatoms. The summed E-state index contributed by atoms with van der Waals surface area (Å²) in [6.45, 7) is 3.60. The second-order valence-corrected chi connectivity index (χ2v) is 7.05. The fourth-order valence-electron chi connectivity index (χ4n) is 2.61. The van der Waals surface area contributed by atoms with Gasteiger partial charge in [0.25, 0.3) is 11.8 Å². The van der Waals surface area contributed by atoms with Gasteiger partial charge in [-0.3, -0.25) is 20.4 Å². The molecule has 0 fully saturated rings. The minimum Gasteiger partial charge on any atom is -0.483 e. The Labute approximate surface area is 167 Å². The highest BCUT2D eigenvalue weighted by Gasteiger charge is 2.17. The molecule has 144 valence electrons. The lowest BCUT2D eigenvalue weighted by molar-refractivity contribution is -0.123. The number of aryl methyl sites for hydroxylation is 2. The van der Waals surface area contributed by atoms with Gasteiger partial charge in [0.05, 0.1) is 5.69 Å². The summed E-state index contributed by atoms with van der Waals surface area (Å²) < 4.78 is 5.54. The average Bonchev–Trinajstić information content (AvgIpc) is 3.13. The maximum absolute atomic E-state index is 12.4. The summed E-state index contributed by atoms with van der Waals surface area (Å²) in [5.41, 5.74) is 7.38. The third-order valence-corrected chi connectivity index (χ3v) is 5.26. The number of hydrogen-bond acceptors (Lipinski definition) is 5. The van der Waals surface area contributed by atoms with Crippen molar-refractivity contribution in [1.82, 2.24) is 15.8 Å². The van der Waals surface area contributed by atoms with Crippen molar-refractivity contribution in [2.45, 2.75) is 20.3 Å². The molecule has 0 atom stereocenters. The van der Waals surface area contributed by atoms with Crippen LogP contribution in [0, 0.1) is 6.92 Å². The molecule has 1 heterocycles. The van der Waals surface area contributed by atoms with Gasteiger partial charge in [-0.2, -0.15) is 0 Å². The summed E-state index contributed by atoms with van der Waals surface area (Å²) in [5.74, 6) is -0.179. The van der Waals surface area contributed by atoms with E-state index in [1.54, 1.807) is 6.92 Å². The molecule has 0 aliphatic rings. The smallest absolute Gasteiger partial charge is 0.281 e. The largest absolute Gasteiger partial charge is 0.483 e. The molecule has 1 aromatic heterocycles. The number of nitrogens with one attached hydrogen (secondary N) is 2. The van der Waals surface area contributed by atoms with Gasteiger partial charge in [-0.25, -0.2) is 4.98 Å².